The lowest BCUT2D eigenvalue weighted by Crippen LogP contribution is -2.24. The van der Waals surface area contributed by atoms with Gasteiger partial charge >= 0.3 is 5.97 Å². The third-order valence-corrected chi connectivity index (χ3v) is 5.83. The van der Waals surface area contributed by atoms with Crippen LogP contribution in [0.1, 0.15) is 19.4 Å². The molecule has 0 bridgehead atoms. The van der Waals surface area contributed by atoms with Gasteiger partial charge in [-0.3, -0.25) is 14.2 Å². The molecule has 3 aromatic rings. The summed E-state index contributed by atoms with van der Waals surface area (Å²) in [5, 5.41) is 0.0508. The molecule has 0 radical (unpaired) electrons. The molecule has 1 aromatic heterocycles. The van der Waals surface area contributed by atoms with Gasteiger partial charge in [0.15, 0.2) is 16.7 Å². The number of hydrogen-bond acceptors (Lipinski definition) is 8. The van der Waals surface area contributed by atoms with Gasteiger partial charge in [-0.2, -0.15) is 0 Å². The van der Waals surface area contributed by atoms with Crippen molar-refractivity contribution in [3.8, 4) is 22.9 Å². The summed E-state index contributed by atoms with van der Waals surface area (Å²) < 4.78 is 23.0. The lowest BCUT2D eigenvalue weighted by molar-refractivity contribution is -0.142. The summed E-state index contributed by atoms with van der Waals surface area (Å²) in [6.45, 7) is 5.67. The summed E-state index contributed by atoms with van der Waals surface area (Å²) >= 11 is 1.14. The van der Waals surface area contributed by atoms with E-state index in [9.17, 15) is 9.59 Å². The van der Waals surface area contributed by atoms with Gasteiger partial charge in [0.25, 0.3) is 5.56 Å². The summed E-state index contributed by atoms with van der Waals surface area (Å²) in [5.41, 5.74) is 1.61. The molecule has 1 atom stereocenters. The Morgan fingerprint density at radius 1 is 1.12 bits per heavy atom. The van der Waals surface area contributed by atoms with E-state index in [0.717, 1.165) is 17.3 Å². The van der Waals surface area contributed by atoms with Crippen LogP contribution in [0, 0.1) is 6.92 Å². The lowest BCUT2D eigenvalue weighted by atomic mass is 10.2. The van der Waals surface area contributed by atoms with Gasteiger partial charge in [-0.05, 0) is 44.5 Å². The summed E-state index contributed by atoms with van der Waals surface area (Å²) in [6.07, 6.45) is 0. The maximum atomic E-state index is 13.7. The van der Waals surface area contributed by atoms with Crippen LogP contribution in [0.2, 0.25) is 0 Å². The Hall–Kier alpha value is -3.20. The quantitative estimate of drug-likeness (QED) is 0.286. The molecular weight excluding hydrogens is 432 g/mol. The monoisotopic (exact) mass is 458 g/mol. The molecule has 8 nitrogen and oxygen atoms in total. The fraction of sp³-hybridized carbons (Fsp3) is 0.348. The SMILES string of the molecule is CCOC(=O)[C@@H](C)Sc1nc2c(OC)c(OC)c(OC)cc2c(=O)n1-c1cccc(C)c1. The molecule has 3 rings (SSSR count). The van der Waals surface area contributed by atoms with Crippen LogP contribution >= 0.6 is 11.8 Å². The molecule has 0 aliphatic carbocycles. The Bertz CT molecular complexity index is 1210. The average Bonchev–Trinajstić information content (AvgIpc) is 2.78. The number of benzene rings is 2. The molecule has 0 saturated heterocycles. The number of esters is 1. The third-order valence-electron chi connectivity index (χ3n) is 4.80. The number of carbonyl (C=O) groups excluding carboxylic acids is 1. The van der Waals surface area contributed by atoms with Crippen molar-refractivity contribution in [2.75, 3.05) is 27.9 Å². The summed E-state index contributed by atoms with van der Waals surface area (Å²) in [7, 11) is 4.44. The highest BCUT2D eigenvalue weighted by Crippen LogP contribution is 2.42. The standard InChI is InChI=1S/C23H26N2O6S/c1-7-31-22(27)14(3)32-23-24-18-16(12-17(28-4)19(29-5)20(18)30-6)21(26)25(23)15-10-8-9-13(2)11-15/h8-12,14H,7H2,1-6H3/t14-/m1/s1. The Morgan fingerprint density at radius 3 is 2.44 bits per heavy atom. The number of fused-ring (bicyclic) bond motifs is 1. The molecule has 0 amide bonds. The maximum absolute atomic E-state index is 13.7. The fourth-order valence-electron chi connectivity index (χ4n) is 3.31. The van der Waals surface area contributed by atoms with Crippen LogP contribution in [0.5, 0.6) is 17.2 Å². The Balaban J connectivity index is 2.36. The van der Waals surface area contributed by atoms with Crippen molar-refractivity contribution in [1.29, 1.82) is 0 Å². The van der Waals surface area contributed by atoms with Crippen LogP contribution in [0.3, 0.4) is 0 Å². The highest BCUT2D eigenvalue weighted by molar-refractivity contribution is 8.00. The second kappa shape index (κ2) is 9.95. The number of hydrogen-bond donors (Lipinski definition) is 0. The van der Waals surface area contributed by atoms with E-state index in [4.69, 9.17) is 23.9 Å². The van der Waals surface area contributed by atoms with E-state index in [1.165, 1.54) is 25.9 Å². The van der Waals surface area contributed by atoms with E-state index < -0.39 is 5.25 Å². The minimum absolute atomic E-state index is 0.268. The number of thioether (sulfide) groups is 1. The van der Waals surface area contributed by atoms with Crippen LogP contribution in [-0.4, -0.2) is 48.7 Å². The highest BCUT2D eigenvalue weighted by Gasteiger charge is 2.25. The smallest absolute Gasteiger partial charge is 0.319 e. The van der Waals surface area contributed by atoms with Crippen molar-refractivity contribution in [3.63, 3.8) is 0 Å². The number of ether oxygens (including phenoxy) is 4. The van der Waals surface area contributed by atoms with Crippen LogP contribution in [-0.2, 0) is 9.53 Å². The topological polar surface area (TPSA) is 88.9 Å². The molecule has 0 saturated carbocycles. The molecule has 0 spiro atoms. The van der Waals surface area contributed by atoms with E-state index in [0.29, 0.717) is 33.2 Å². The molecule has 1 heterocycles. The van der Waals surface area contributed by atoms with Gasteiger partial charge in [-0.1, -0.05) is 23.9 Å². The van der Waals surface area contributed by atoms with Crippen LogP contribution in [0.4, 0.5) is 0 Å². The van der Waals surface area contributed by atoms with Gasteiger partial charge in [-0.25, -0.2) is 4.98 Å². The number of methoxy groups -OCH3 is 3. The molecule has 0 N–H and O–H groups in total. The first-order chi connectivity index (χ1) is 15.4. The predicted octanol–water partition coefficient (Wildman–Crippen LogP) is 3.76. The number of aryl methyl sites for hydroxylation is 1. The molecule has 0 fully saturated rings. The van der Waals surface area contributed by atoms with Gasteiger partial charge in [-0.15, -0.1) is 0 Å². The van der Waals surface area contributed by atoms with Crippen molar-refractivity contribution in [3.05, 3.63) is 46.2 Å². The first-order valence-corrected chi connectivity index (χ1v) is 10.9. The van der Waals surface area contributed by atoms with E-state index in [-0.39, 0.29) is 23.9 Å². The zero-order chi connectivity index (χ0) is 23.4. The second-order valence-electron chi connectivity index (χ2n) is 6.93. The number of carbonyl (C=O) groups is 1. The maximum Gasteiger partial charge on any atom is 0.319 e. The third kappa shape index (κ3) is 4.38. The molecule has 170 valence electrons. The van der Waals surface area contributed by atoms with Crippen molar-refractivity contribution < 1.29 is 23.7 Å². The zero-order valence-corrected chi connectivity index (χ0v) is 19.7. The molecule has 0 aliphatic heterocycles. The second-order valence-corrected chi connectivity index (χ2v) is 8.24. The van der Waals surface area contributed by atoms with Gasteiger partial charge in [0.2, 0.25) is 5.75 Å². The van der Waals surface area contributed by atoms with E-state index in [1.807, 2.05) is 31.2 Å². The minimum Gasteiger partial charge on any atom is -0.493 e. The summed E-state index contributed by atoms with van der Waals surface area (Å²) in [4.78, 5) is 30.7. The van der Waals surface area contributed by atoms with Gasteiger partial charge in [0.1, 0.15) is 10.8 Å². The normalized spacial score (nSPS) is 11.8. The van der Waals surface area contributed by atoms with Crippen LogP contribution in [0.15, 0.2) is 40.3 Å². The molecule has 9 heteroatoms. The van der Waals surface area contributed by atoms with E-state index >= 15 is 0 Å². The average molecular weight is 459 g/mol. The number of aromatic nitrogens is 2. The van der Waals surface area contributed by atoms with Crippen LogP contribution in [0.25, 0.3) is 16.6 Å². The highest BCUT2D eigenvalue weighted by atomic mass is 32.2. The summed E-state index contributed by atoms with van der Waals surface area (Å²) in [5.74, 6) is 0.576. The largest absolute Gasteiger partial charge is 0.493 e. The van der Waals surface area contributed by atoms with Gasteiger partial charge < -0.3 is 18.9 Å². The molecular formula is C23H26N2O6S. The Labute approximate surface area is 190 Å². The molecule has 2 aromatic carbocycles. The number of nitrogens with zero attached hydrogens (tertiary/aromatic N) is 2. The first-order valence-electron chi connectivity index (χ1n) is 10.0. The fourth-order valence-corrected chi connectivity index (χ4v) is 4.23. The molecule has 0 unspecified atom stereocenters. The molecule has 32 heavy (non-hydrogen) atoms. The first kappa shape index (κ1) is 23.5. The Morgan fingerprint density at radius 2 is 1.84 bits per heavy atom. The lowest BCUT2D eigenvalue weighted by Gasteiger charge is -2.19. The van der Waals surface area contributed by atoms with E-state index in [1.54, 1.807) is 19.9 Å². The predicted molar refractivity (Wildman–Crippen MR) is 124 cm³/mol. The number of rotatable bonds is 8. The van der Waals surface area contributed by atoms with Crippen molar-refractivity contribution in [2.24, 2.45) is 0 Å². The van der Waals surface area contributed by atoms with E-state index in [2.05, 4.69) is 0 Å². The molecule has 0 aliphatic rings. The minimum atomic E-state index is -0.582. The van der Waals surface area contributed by atoms with Crippen molar-refractivity contribution >= 4 is 28.6 Å². The Kier molecular flexibility index (Phi) is 7.29. The van der Waals surface area contributed by atoms with Gasteiger partial charge in [0, 0.05) is 0 Å². The van der Waals surface area contributed by atoms with Crippen LogP contribution < -0.4 is 19.8 Å². The zero-order valence-electron chi connectivity index (χ0n) is 18.9. The van der Waals surface area contributed by atoms with Crippen molar-refractivity contribution in [1.82, 2.24) is 9.55 Å². The summed E-state index contributed by atoms with van der Waals surface area (Å²) in [6, 6.07) is 9.08. The van der Waals surface area contributed by atoms with Crippen molar-refractivity contribution in [2.45, 2.75) is 31.2 Å². The van der Waals surface area contributed by atoms with Gasteiger partial charge in [0.05, 0.1) is 39.0 Å².